The molecule has 5 nitrogen and oxygen atoms in total. The Kier molecular flexibility index (Phi) is 3.83. The molecule has 0 radical (unpaired) electrons. The van der Waals surface area contributed by atoms with E-state index in [1.807, 2.05) is 12.3 Å². The van der Waals surface area contributed by atoms with Crippen molar-refractivity contribution in [2.75, 3.05) is 24.5 Å². The summed E-state index contributed by atoms with van der Waals surface area (Å²) in [6.45, 7) is 2.69. The number of carbonyl (C=O) groups is 1. The maximum atomic E-state index is 10.5. The van der Waals surface area contributed by atoms with Crippen molar-refractivity contribution in [3.05, 3.63) is 22.8 Å². The van der Waals surface area contributed by atoms with Crippen LogP contribution in [0, 0.1) is 17.8 Å². The van der Waals surface area contributed by atoms with Crippen LogP contribution < -0.4 is 10.2 Å². The third-order valence-corrected chi connectivity index (χ3v) is 4.90. The Morgan fingerprint density at radius 1 is 1.40 bits per heavy atom. The van der Waals surface area contributed by atoms with E-state index >= 15 is 0 Å². The van der Waals surface area contributed by atoms with Gasteiger partial charge in [0.25, 0.3) is 0 Å². The molecule has 0 aromatic carbocycles. The Labute approximate surface area is 126 Å². The highest BCUT2D eigenvalue weighted by molar-refractivity contribution is 9.10. The number of nitrogens with zero attached hydrogens (tertiary/aromatic N) is 2. The predicted molar refractivity (Wildman–Crippen MR) is 79.9 cm³/mol. The average Bonchev–Trinajstić information content (AvgIpc) is 2.95. The van der Waals surface area contributed by atoms with Crippen molar-refractivity contribution in [3.63, 3.8) is 0 Å². The van der Waals surface area contributed by atoms with Crippen molar-refractivity contribution in [3.8, 4) is 0 Å². The topological polar surface area (TPSA) is 65.5 Å². The Morgan fingerprint density at radius 2 is 2.10 bits per heavy atom. The number of hydrogen-bond donors (Lipinski definition) is 2. The molecule has 3 atom stereocenters. The maximum Gasteiger partial charge on any atom is 0.404 e. The lowest BCUT2D eigenvalue weighted by molar-refractivity contribution is 0.192. The summed E-state index contributed by atoms with van der Waals surface area (Å²) in [6, 6.07) is 4.07. The molecule has 1 saturated heterocycles. The molecule has 1 unspecified atom stereocenters. The smallest absolute Gasteiger partial charge is 0.404 e. The molecule has 2 N–H and O–H groups in total. The number of halogens is 1. The number of amides is 1. The average molecular weight is 340 g/mol. The summed E-state index contributed by atoms with van der Waals surface area (Å²) in [5, 5.41) is 11.2. The van der Waals surface area contributed by atoms with Crippen molar-refractivity contribution < 1.29 is 9.90 Å². The Hall–Kier alpha value is -1.30. The quantitative estimate of drug-likeness (QED) is 0.888. The van der Waals surface area contributed by atoms with Crippen LogP contribution >= 0.6 is 15.9 Å². The number of fused-ring (bicyclic) bond motifs is 1. The highest BCUT2D eigenvalue weighted by Gasteiger charge is 2.41. The lowest BCUT2D eigenvalue weighted by Gasteiger charge is -2.20. The third-order valence-electron chi connectivity index (χ3n) is 4.43. The van der Waals surface area contributed by atoms with E-state index in [1.54, 1.807) is 0 Å². The molecule has 3 rings (SSSR count). The summed E-state index contributed by atoms with van der Waals surface area (Å²) >= 11 is 3.40. The SMILES string of the molecule is O=C(O)NCC1C[C@@H]2CN(c3ccc(Br)cn3)C[C@@H]2C1. The van der Waals surface area contributed by atoms with Gasteiger partial charge in [0.15, 0.2) is 0 Å². The highest BCUT2D eigenvalue weighted by Crippen LogP contribution is 2.42. The molecule has 2 heterocycles. The summed E-state index contributed by atoms with van der Waals surface area (Å²) in [6.07, 6.45) is 3.17. The maximum absolute atomic E-state index is 10.5. The van der Waals surface area contributed by atoms with Gasteiger partial charge >= 0.3 is 6.09 Å². The van der Waals surface area contributed by atoms with Gasteiger partial charge in [-0.25, -0.2) is 9.78 Å². The predicted octanol–water partition coefficient (Wildman–Crippen LogP) is 2.57. The molecule has 0 spiro atoms. The summed E-state index contributed by atoms with van der Waals surface area (Å²) in [7, 11) is 0. The van der Waals surface area contributed by atoms with Gasteiger partial charge in [-0.2, -0.15) is 0 Å². The largest absolute Gasteiger partial charge is 0.465 e. The van der Waals surface area contributed by atoms with Gasteiger partial charge in [0, 0.05) is 30.3 Å². The zero-order valence-corrected chi connectivity index (χ0v) is 12.7. The molecule has 1 amide bonds. The normalized spacial score (nSPS) is 28.4. The van der Waals surface area contributed by atoms with E-state index < -0.39 is 6.09 Å². The van der Waals surface area contributed by atoms with E-state index in [1.165, 1.54) is 0 Å². The van der Waals surface area contributed by atoms with Crippen LogP contribution in [0.25, 0.3) is 0 Å². The van der Waals surface area contributed by atoms with Gasteiger partial charge in [0.1, 0.15) is 5.82 Å². The second-order valence-corrected chi connectivity index (χ2v) is 6.70. The fourth-order valence-electron chi connectivity index (χ4n) is 3.57. The van der Waals surface area contributed by atoms with Crippen LogP contribution in [-0.2, 0) is 0 Å². The standard InChI is InChI=1S/C14H18BrN3O2/c15-12-1-2-13(16-6-12)18-7-10-3-9(4-11(10)8-18)5-17-14(19)20/h1-2,6,9-11,17H,3-5,7-8H2,(H,19,20)/t9?,10-,11+. The first-order valence-electron chi connectivity index (χ1n) is 6.95. The highest BCUT2D eigenvalue weighted by atomic mass is 79.9. The van der Waals surface area contributed by atoms with Crippen molar-refractivity contribution in [1.82, 2.24) is 10.3 Å². The first-order valence-corrected chi connectivity index (χ1v) is 7.74. The van der Waals surface area contributed by atoms with Crippen LogP contribution in [0.1, 0.15) is 12.8 Å². The molecule has 1 aromatic rings. The third kappa shape index (κ3) is 2.90. The Balaban J connectivity index is 1.55. The number of anilines is 1. The van der Waals surface area contributed by atoms with E-state index in [-0.39, 0.29) is 0 Å². The van der Waals surface area contributed by atoms with Crippen molar-refractivity contribution in [1.29, 1.82) is 0 Å². The van der Waals surface area contributed by atoms with Crippen LogP contribution in [0.5, 0.6) is 0 Å². The van der Waals surface area contributed by atoms with Gasteiger partial charge in [-0.1, -0.05) is 0 Å². The number of pyridine rings is 1. The van der Waals surface area contributed by atoms with E-state index in [0.717, 1.165) is 36.2 Å². The van der Waals surface area contributed by atoms with Crippen LogP contribution in [0.3, 0.4) is 0 Å². The second-order valence-electron chi connectivity index (χ2n) is 5.78. The number of aromatic nitrogens is 1. The molecule has 6 heteroatoms. The summed E-state index contributed by atoms with van der Waals surface area (Å²) < 4.78 is 1.00. The van der Waals surface area contributed by atoms with E-state index in [2.05, 4.69) is 37.2 Å². The number of hydrogen-bond acceptors (Lipinski definition) is 3. The van der Waals surface area contributed by atoms with Crippen molar-refractivity contribution >= 4 is 27.8 Å². The fraction of sp³-hybridized carbons (Fsp3) is 0.571. The minimum absolute atomic E-state index is 0.501. The van der Waals surface area contributed by atoms with Crippen LogP contribution in [-0.4, -0.2) is 35.8 Å². The molecule has 20 heavy (non-hydrogen) atoms. The van der Waals surface area contributed by atoms with E-state index in [9.17, 15) is 4.79 Å². The summed E-state index contributed by atoms with van der Waals surface area (Å²) in [5.41, 5.74) is 0. The van der Waals surface area contributed by atoms with Crippen LogP contribution in [0.15, 0.2) is 22.8 Å². The lowest BCUT2D eigenvalue weighted by Crippen LogP contribution is -2.28. The van der Waals surface area contributed by atoms with Crippen LogP contribution in [0.2, 0.25) is 0 Å². The molecular weight excluding hydrogens is 322 g/mol. The molecule has 1 aliphatic carbocycles. The molecule has 1 saturated carbocycles. The Bertz CT molecular complexity index is 480. The van der Waals surface area contributed by atoms with Gasteiger partial charge < -0.3 is 15.3 Å². The first kappa shape index (κ1) is 13.7. The zero-order valence-electron chi connectivity index (χ0n) is 11.1. The van der Waals surface area contributed by atoms with Gasteiger partial charge in [-0.3, -0.25) is 0 Å². The minimum Gasteiger partial charge on any atom is -0.465 e. The van der Waals surface area contributed by atoms with Gasteiger partial charge in [0.2, 0.25) is 0 Å². The molecular formula is C14H18BrN3O2. The van der Waals surface area contributed by atoms with Crippen molar-refractivity contribution in [2.24, 2.45) is 17.8 Å². The number of rotatable bonds is 3. The molecule has 2 aliphatic rings. The fourth-order valence-corrected chi connectivity index (χ4v) is 3.80. The molecule has 108 valence electrons. The summed E-state index contributed by atoms with van der Waals surface area (Å²) in [5.74, 6) is 2.91. The van der Waals surface area contributed by atoms with Gasteiger partial charge in [-0.05, 0) is 58.7 Å². The Morgan fingerprint density at radius 3 is 2.65 bits per heavy atom. The number of carboxylic acid groups (broad SMARTS) is 1. The van der Waals surface area contributed by atoms with E-state index in [0.29, 0.717) is 24.3 Å². The van der Waals surface area contributed by atoms with Crippen molar-refractivity contribution in [2.45, 2.75) is 12.8 Å². The lowest BCUT2D eigenvalue weighted by atomic mass is 10.0. The minimum atomic E-state index is -0.914. The monoisotopic (exact) mass is 339 g/mol. The number of nitrogens with one attached hydrogen (secondary N) is 1. The van der Waals surface area contributed by atoms with Gasteiger partial charge in [0.05, 0.1) is 0 Å². The molecule has 2 fully saturated rings. The first-order chi connectivity index (χ1) is 9.61. The zero-order chi connectivity index (χ0) is 14.1. The summed E-state index contributed by atoms with van der Waals surface area (Å²) in [4.78, 5) is 17.3. The van der Waals surface area contributed by atoms with E-state index in [4.69, 9.17) is 5.11 Å². The van der Waals surface area contributed by atoms with Gasteiger partial charge in [-0.15, -0.1) is 0 Å². The molecule has 1 aromatic heterocycles. The molecule has 0 bridgehead atoms. The van der Waals surface area contributed by atoms with Crippen LogP contribution in [0.4, 0.5) is 10.6 Å². The second kappa shape index (κ2) is 5.60. The molecule has 1 aliphatic heterocycles.